The number of phenols is 1. The molecule has 3 aromatic rings. The second kappa shape index (κ2) is 7.84. The lowest BCUT2D eigenvalue weighted by Gasteiger charge is -2.05. The van der Waals surface area contributed by atoms with Gasteiger partial charge < -0.3 is 15.9 Å². The van der Waals surface area contributed by atoms with E-state index in [1.54, 1.807) is 12.1 Å². The summed E-state index contributed by atoms with van der Waals surface area (Å²) in [4.78, 5) is 11.9. The Balaban J connectivity index is 1.76. The molecule has 0 saturated carbocycles. The third-order valence-corrected chi connectivity index (χ3v) is 4.34. The van der Waals surface area contributed by atoms with Crippen LogP contribution in [0.25, 0.3) is 0 Å². The smallest absolute Gasteiger partial charge is 0.252 e. The number of nitrogens with two attached hydrogens (primary N) is 1. The Kier molecular flexibility index (Phi) is 5.34. The van der Waals surface area contributed by atoms with Crippen molar-refractivity contribution in [2.45, 2.75) is 25.9 Å². The maximum absolute atomic E-state index is 11.9. The first-order valence-electron chi connectivity index (χ1n) is 8.39. The van der Waals surface area contributed by atoms with E-state index >= 15 is 0 Å². The maximum Gasteiger partial charge on any atom is 0.252 e. The van der Waals surface area contributed by atoms with E-state index in [1.807, 2.05) is 36.4 Å². The molecule has 3 rings (SSSR count). The fourth-order valence-electron chi connectivity index (χ4n) is 2.91. The van der Waals surface area contributed by atoms with Gasteiger partial charge in [0.2, 0.25) is 0 Å². The third-order valence-electron chi connectivity index (χ3n) is 4.34. The standard InChI is InChI=1S/C20H21N3O3/c21-20(26)19-17(10-7-13-5-8-16(25)9-6-13)22-23-18(19)11-14-1-3-15(12-24)4-2-14/h1-6,8-9,24-25H,7,10-12H2,(H2,21,26)(H,22,23). The van der Waals surface area contributed by atoms with Gasteiger partial charge in [-0.1, -0.05) is 36.4 Å². The number of nitrogens with one attached hydrogen (secondary N) is 1. The van der Waals surface area contributed by atoms with Gasteiger partial charge in [-0.3, -0.25) is 9.89 Å². The number of benzene rings is 2. The highest BCUT2D eigenvalue weighted by molar-refractivity contribution is 5.95. The molecule has 0 bridgehead atoms. The zero-order chi connectivity index (χ0) is 18.5. The fraction of sp³-hybridized carbons (Fsp3) is 0.200. The molecule has 0 aliphatic heterocycles. The highest BCUT2D eigenvalue weighted by Gasteiger charge is 2.18. The number of H-pyrrole nitrogens is 1. The highest BCUT2D eigenvalue weighted by atomic mass is 16.3. The lowest BCUT2D eigenvalue weighted by atomic mass is 10.0. The number of carbonyl (C=O) groups is 1. The monoisotopic (exact) mass is 351 g/mol. The summed E-state index contributed by atoms with van der Waals surface area (Å²) < 4.78 is 0. The Bertz CT molecular complexity index is 884. The van der Waals surface area contributed by atoms with Crippen LogP contribution in [0.15, 0.2) is 48.5 Å². The molecular weight excluding hydrogens is 330 g/mol. The van der Waals surface area contributed by atoms with E-state index in [1.165, 1.54) is 0 Å². The van der Waals surface area contributed by atoms with Crippen LogP contribution >= 0.6 is 0 Å². The van der Waals surface area contributed by atoms with Crippen LogP contribution in [0.2, 0.25) is 0 Å². The average molecular weight is 351 g/mol. The summed E-state index contributed by atoms with van der Waals surface area (Å²) in [6.45, 7) is -0.00170. The molecule has 0 saturated heterocycles. The molecule has 0 aliphatic carbocycles. The Hall–Kier alpha value is -3.12. The van der Waals surface area contributed by atoms with E-state index in [0.29, 0.717) is 36.2 Å². The minimum atomic E-state index is -0.499. The van der Waals surface area contributed by atoms with Crippen LogP contribution in [-0.4, -0.2) is 26.3 Å². The predicted octanol–water partition coefficient (Wildman–Crippen LogP) is 2.08. The van der Waals surface area contributed by atoms with E-state index in [2.05, 4.69) is 10.2 Å². The minimum absolute atomic E-state index is 0.00170. The Morgan fingerprint density at radius 1 is 0.962 bits per heavy atom. The first-order chi connectivity index (χ1) is 12.6. The van der Waals surface area contributed by atoms with Crippen molar-refractivity contribution in [3.05, 3.63) is 82.2 Å². The number of aryl methyl sites for hydroxylation is 2. The molecular formula is C20H21N3O3. The van der Waals surface area contributed by atoms with Crippen LogP contribution in [0.3, 0.4) is 0 Å². The number of amides is 1. The number of aromatic amines is 1. The van der Waals surface area contributed by atoms with Crippen molar-refractivity contribution in [2.75, 3.05) is 0 Å². The molecule has 134 valence electrons. The van der Waals surface area contributed by atoms with Gasteiger partial charge in [-0.2, -0.15) is 5.10 Å². The number of primary amides is 1. The van der Waals surface area contributed by atoms with Gasteiger partial charge in [0.25, 0.3) is 5.91 Å². The van der Waals surface area contributed by atoms with E-state index in [9.17, 15) is 9.90 Å². The fourth-order valence-corrected chi connectivity index (χ4v) is 2.91. The summed E-state index contributed by atoms with van der Waals surface area (Å²) >= 11 is 0. The molecule has 26 heavy (non-hydrogen) atoms. The summed E-state index contributed by atoms with van der Waals surface area (Å²) in [5.41, 5.74) is 10.2. The normalized spacial score (nSPS) is 10.8. The van der Waals surface area contributed by atoms with Gasteiger partial charge in [0.15, 0.2) is 0 Å². The lowest BCUT2D eigenvalue weighted by molar-refractivity contribution is 0.0998. The number of carbonyl (C=O) groups excluding carboxylic acids is 1. The quantitative estimate of drug-likeness (QED) is 0.522. The van der Waals surface area contributed by atoms with Crippen LogP contribution in [0, 0.1) is 0 Å². The van der Waals surface area contributed by atoms with Crippen molar-refractivity contribution in [3.63, 3.8) is 0 Å². The van der Waals surface area contributed by atoms with Crippen LogP contribution in [0.5, 0.6) is 5.75 Å². The van der Waals surface area contributed by atoms with Crippen LogP contribution < -0.4 is 5.73 Å². The summed E-state index contributed by atoms with van der Waals surface area (Å²) in [7, 11) is 0. The summed E-state index contributed by atoms with van der Waals surface area (Å²) in [6.07, 6.45) is 1.77. The van der Waals surface area contributed by atoms with Crippen LogP contribution in [-0.2, 0) is 25.9 Å². The van der Waals surface area contributed by atoms with Gasteiger partial charge in [-0.05, 0) is 41.7 Å². The predicted molar refractivity (Wildman–Crippen MR) is 97.8 cm³/mol. The molecule has 0 fully saturated rings. The summed E-state index contributed by atoms with van der Waals surface area (Å²) in [5.74, 6) is -0.276. The van der Waals surface area contributed by atoms with Crippen molar-refractivity contribution in [2.24, 2.45) is 5.73 Å². The first-order valence-corrected chi connectivity index (χ1v) is 8.39. The zero-order valence-corrected chi connectivity index (χ0v) is 14.3. The van der Waals surface area contributed by atoms with Crippen molar-refractivity contribution < 1.29 is 15.0 Å². The molecule has 0 radical (unpaired) electrons. The number of rotatable bonds is 7. The topological polar surface area (TPSA) is 112 Å². The molecule has 1 aromatic heterocycles. The number of aromatic nitrogens is 2. The molecule has 0 spiro atoms. The minimum Gasteiger partial charge on any atom is -0.508 e. The number of nitrogens with zero attached hydrogens (tertiary/aromatic N) is 1. The van der Waals surface area contributed by atoms with Gasteiger partial charge in [0.1, 0.15) is 5.75 Å². The molecule has 0 unspecified atom stereocenters. The molecule has 1 amide bonds. The number of aliphatic hydroxyl groups is 1. The zero-order valence-electron chi connectivity index (χ0n) is 14.3. The molecule has 0 aliphatic rings. The highest BCUT2D eigenvalue weighted by Crippen LogP contribution is 2.18. The number of aliphatic hydroxyl groups excluding tert-OH is 1. The van der Waals surface area contributed by atoms with Crippen LogP contribution in [0.4, 0.5) is 0 Å². The number of hydrogen-bond acceptors (Lipinski definition) is 4. The molecule has 5 N–H and O–H groups in total. The maximum atomic E-state index is 11.9. The second-order valence-electron chi connectivity index (χ2n) is 6.21. The third kappa shape index (κ3) is 4.10. The van der Waals surface area contributed by atoms with Gasteiger partial charge in [-0.15, -0.1) is 0 Å². The van der Waals surface area contributed by atoms with E-state index in [0.717, 1.165) is 16.7 Å². The van der Waals surface area contributed by atoms with Crippen molar-refractivity contribution in [1.82, 2.24) is 10.2 Å². The Labute approximate surface area is 151 Å². The number of phenolic OH excluding ortho intramolecular Hbond substituents is 1. The Morgan fingerprint density at radius 2 is 1.58 bits per heavy atom. The SMILES string of the molecule is NC(=O)c1c(CCc2ccc(O)cc2)n[nH]c1Cc1ccc(CO)cc1. The van der Waals surface area contributed by atoms with Crippen molar-refractivity contribution >= 4 is 5.91 Å². The van der Waals surface area contributed by atoms with E-state index in [-0.39, 0.29) is 12.4 Å². The number of hydrogen-bond donors (Lipinski definition) is 4. The van der Waals surface area contributed by atoms with Crippen molar-refractivity contribution in [3.8, 4) is 5.75 Å². The van der Waals surface area contributed by atoms with Gasteiger partial charge in [0.05, 0.1) is 23.6 Å². The summed E-state index contributed by atoms with van der Waals surface area (Å²) in [5, 5.41) is 25.7. The average Bonchev–Trinajstić information content (AvgIpc) is 3.04. The lowest BCUT2D eigenvalue weighted by Crippen LogP contribution is -2.15. The first kappa shape index (κ1) is 17.7. The molecule has 1 heterocycles. The van der Waals surface area contributed by atoms with Crippen LogP contribution in [0.1, 0.15) is 38.4 Å². The molecule has 0 atom stereocenters. The molecule has 6 heteroatoms. The largest absolute Gasteiger partial charge is 0.508 e. The summed E-state index contributed by atoms with van der Waals surface area (Å²) in [6, 6.07) is 14.5. The molecule has 2 aromatic carbocycles. The van der Waals surface area contributed by atoms with Gasteiger partial charge >= 0.3 is 0 Å². The van der Waals surface area contributed by atoms with Gasteiger partial charge in [-0.25, -0.2) is 0 Å². The molecule has 6 nitrogen and oxygen atoms in total. The second-order valence-corrected chi connectivity index (χ2v) is 6.21. The van der Waals surface area contributed by atoms with Gasteiger partial charge in [0, 0.05) is 6.42 Å². The van der Waals surface area contributed by atoms with Crippen molar-refractivity contribution in [1.29, 1.82) is 0 Å². The Morgan fingerprint density at radius 3 is 2.19 bits per heavy atom. The van der Waals surface area contributed by atoms with E-state index in [4.69, 9.17) is 10.8 Å². The number of aromatic hydroxyl groups is 1. The van der Waals surface area contributed by atoms with E-state index < -0.39 is 5.91 Å².